The highest BCUT2D eigenvalue weighted by atomic mass is 32.3. The fourth-order valence-electron chi connectivity index (χ4n) is 6.29. The highest BCUT2D eigenvalue weighted by molar-refractivity contribution is 7.79. The van der Waals surface area contributed by atoms with E-state index in [1.54, 1.807) is 0 Å². The van der Waals surface area contributed by atoms with Crippen LogP contribution in [0.4, 0.5) is 0 Å². The van der Waals surface area contributed by atoms with Gasteiger partial charge in [0.1, 0.15) is 0 Å². The normalized spacial score (nSPS) is 12.0. The quantitative estimate of drug-likeness (QED) is 0.0301. The SMILES string of the molecule is CCCCCCCCCCCCCCCCCC[N+](C)(C)CCCCCCCCCCCCCCCCCC.O=S(=O)([O-])[O-]. The van der Waals surface area contributed by atoms with Crippen LogP contribution in [-0.2, 0) is 10.4 Å². The lowest BCUT2D eigenvalue weighted by molar-refractivity contribution is -0.890. The standard InChI is InChI=1S/C38H80N.H2O4S/c1-5-7-9-11-13-15-17-19-21-23-25-27-29-31-33-35-37-39(3,4)38-36-34-32-30-28-26-24-22-20-18-16-14-12-10-8-6-2;1-5(2,3)4/h5-38H2,1-4H3;(H2,1,2,3,4)/q+1;/p-2. The molecule has 0 rings (SSSR count). The fraction of sp³-hybridized carbons (Fsp3) is 1.00. The van der Waals surface area contributed by atoms with E-state index < -0.39 is 10.4 Å². The highest BCUT2D eigenvalue weighted by Crippen LogP contribution is 2.16. The van der Waals surface area contributed by atoms with Crippen molar-refractivity contribution in [2.24, 2.45) is 0 Å². The molecule has 0 aliphatic rings. The molecule has 6 heteroatoms. The van der Waals surface area contributed by atoms with E-state index in [1.807, 2.05) is 0 Å². The largest absolute Gasteiger partial charge is 0.759 e. The van der Waals surface area contributed by atoms with Gasteiger partial charge in [-0.15, -0.1) is 0 Å². The van der Waals surface area contributed by atoms with Crippen LogP contribution in [0, 0.1) is 0 Å². The third-order valence-corrected chi connectivity index (χ3v) is 9.23. The molecule has 0 atom stereocenters. The summed E-state index contributed by atoms with van der Waals surface area (Å²) in [6, 6.07) is 0. The predicted octanol–water partition coefficient (Wildman–Crippen LogP) is 12.2. The average molecular weight is 647 g/mol. The van der Waals surface area contributed by atoms with Crippen molar-refractivity contribution >= 4 is 10.4 Å². The molecule has 0 N–H and O–H groups in total. The molecule has 0 saturated heterocycles. The van der Waals surface area contributed by atoms with Crippen molar-refractivity contribution in [2.75, 3.05) is 27.2 Å². The first-order valence-corrected chi connectivity index (χ1v) is 20.9. The van der Waals surface area contributed by atoms with Gasteiger partial charge in [0.15, 0.2) is 0 Å². The van der Waals surface area contributed by atoms with Crippen molar-refractivity contribution in [3.63, 3.8) is 0 Å². The van der Waals surface area contributed by atoms with Crippen molar-refractivity contribution in [3.8, 4) is 0 Å². The molecule has 0 radical (unpaired) electrons. The van der Waals surface area contributed by atoms with Gasteiger partial charge in [-0.25, -0.2) is 0 Å². The van der Waals surface area contributed by atoms with E-state index in [9.17, 15) is 0 Å². The summed E-state index contributed by atoms with van der Waals surface area (Å²) in [5, 5.41) is 0. The van der Waals surface area contributed by atoms with E-state index >= 15 is 0 Å². The van der Waals surface area contributed by atoms with Gasteiger partial charge in [-0.3, -0.25) is 8.42 Å². The van der Waals surface area contributed by atoms with Crippen molar-refractivity contribution in [3.05, 3.63) is 0 Å². The van der Waals surface area contributed by atoms with Gasteiger partial charge in [-0.1, -0.05) is 194 Å². The van der Waals surface area contributed by atoms with Gasteiger partial charge in [-0.05, 0) is 25.7 Å². The van der Waals surface area contributed by atoms with Crippen LogP contribution in [0.25, 0.3) is 0 Å². The van der Waals surface area contributed by atoms with Gasteiger partial charge in [0, 0.05) is 10.4 Å². The minimum Gasteiger partial charge on any atom is -0.759 e. The number of hydrogen-bond donors (Lipinski definition) is 0. The Morgan fingerprint density at radius 2 is 0.477 bits per heavy atom. The Balaban J connectivity index is 0. The lowest BCUT2D eigenvalue weighted by Gasteiger charge is -2.30. The predicted molar refractivity (Wildman–Crippen MR) is 191 cm³/mol. The summed E-state index contributed by atoms with van der Waals surface area (Å²) in [6.45, 7) is 7.39. The minimum absolute atomic E-state index is 1.25. The summed E-state index contributed by atoms with van der Waals surface area (Å²) in [4.78, 5) is 0. The number of nitrogens with zero attached hydrogens (tertiary/aromatic N) is 1. The van der Waals surface area contributed by atoms with Crippen LogP contribution in [0.3, 0.4) is 0 Å². The van der Waals surface area contributed by atoms with E-state index in [4.69, 9.17) is 17.5 Å². The van der Waals surface area contributed by atoms with Crippen LogP contribution in [0.15, 0.2) is 0 Å². The Kier molecular flexibility index (Phi) is 37.3. The Morgan fingerprint density at radius 3 is 0.636 bits per heavy atom. The molecule has 0 saturated carbocycles. The number of hydrogen-bond acceptors (Lipinski definition) is 4. The molecule has 0 aromatic carbocycles. The highest BCUT2D eigenvalue weighted by Gasteiger charge is 2.13. The topological polar surface area (TPSA) is 80.3 Å². The van der Waals surface area contributed by atoms with E-state index in [-0.39, 0.29) is 0 Å². The van der Waals surface area contributed by atoms with E-state index in [0.29, 0.717) is 0 Å². The van der Waals surface area contributed by atoms with Gasteiger partial charge in [0.25, 0.3) is 0 Å². The zero-order valence-electron chi connectivity index (χ0n) is 30.5. The van der Waals surface area contributed by atoms with Gasteiger partial charge < -0.3 is 13.6 Å². The molecule has 0 aromatic heterocycles. The molecule has 5 nitrogen and oxygen atoms in total. The molecule has 268 valence electrons. The van der Waals surface area contributed by atoms with E-state index in [1.165, 1.54) is 223 Å². The molecule has 0 amide bonds. The van der Waals surface area contributed by atoms with Crippen LogP contribution in [0.1, 0.15) is 219 Å². The molecular weight excluding hydrogens is 566 g/mol. The van der Waals surface area contributed by atoms with E-state index in [0.717, 1.165) is 0 Å². The number of quaternary nitrogens is 1. The summed E-state index contributed by atoms with van der Waals surface area (Å²) in [7, 11) is -0.229. The van der Waals surface area contributed by atoms with Crippen LogP contribution in [0.5, 0.6) is 0 Å². The van der Waals surface area contributed by atoms with Crippen molar-refractivity contribution in [1.82, 2.24) is 0 Å². The summed E-state index contributed by atoms with van der Waals surface area (Å²) in [5.41, 5.74) is 0. The van der Waals surface area contributed by atoms with Gasteiger partial charge >= 0.3 is 0 Å². The number of rotatable bonds is 34. The molecular formula is C38H80NO4S-. The van der Waals surface area contributed by atoms with Crippen molar-refractivity contribution in [1.29, 1.82) is 0 Å². The minimum atomic E-state index is -5.17. The maximum atomic E-state index is 8.52. The Labute approximate surface area is 278 Å². The molecule has 0 aliphatic heterocycles. The lowest BCUT2D eigenvalue weighted by Crippen LogP contribution is -2.41. The molecule has 0 unspecified atom stereocenters. The van der Waals surface area contributed by atoms with Crippen LogP contribution in [0.2, 0.25) is 0 Å². The smallest absolute Gasteiger partial charge is 0.0782 e. The zero-order valence-corrected chi connectivity index (χ0v) is 31.3. The molecule has 0 heterocycles. The second-order valence-corrected chi connectivity index (χ2v) is 15.2. The summed E-state index contributed by atoms with van der Waals surface area (Å²) >= 11 is 0. The Hall–Kier alpha value is -0.170. The number of unbranched alkanes of at least 4 members (excludes halogenated alkanes) is 30. The summed E-state index contributed by atoms with van der Waals surface area (Å²) < 4.78 is 35.3. The Morgan fingerprint density at radius 1 is 0.341 bits per heavy atom. The van der Waals surface area contributed by atoms with Crippen molar-refractivity contribution in [2.45, 2.75) is 219 Å². The van der Waals surface area contributed by atoms with Gasteiger partial charge in [-0.2, -0.15) is 0 Å². The first-order chi connectivity index (χ1) is 21.1. The molecule has 0 spiro atoms. The van der Waals surface area contributed by atoms with Crippen LogP contribution in [-0.4, -0.2) is 49.2 Å². The van der Waals surface area contributed by atoms with E-state index in [2.05, 4.69) is 27.9 Å². The van der Waals surface area contributed by atoms with Gasteiger partial charge in [0.2, 0.25) is 0 Å². The zero-order chi connectivity index (χ0) is 33.0. The first kappa shape index (κ1) is 46.0. The second-order valence-electron chi connectivity index (χ2n) is 14.4. The summed E-state index contributed by atoms with van der Waals surface area (Å²) in [6.07, 6.45) is 46.9. The fourth-order valence-corrected chi connectivity index (χ4v) is 6.29. The van der Waals surface area contributed by atoms with Crippen LogP contribution >= 0.6 is 0 Å². The molecule has 44 heavy (non-hydrogen) atoms. The average Bonchev–Trinajstić information content (AvgIpc) is 2.96. The monoisotopic (exact) mass is 647 g/mol. The molecule has 0 fully saturated rings. The maximum absolute atomic E-state index is 8.52. The lowest BCUT2D eigenvalue weighted by atomic mass is 10.0. The van der Waals surface area contributed by atoms with Crippen LogP contribution < -0.4 is 0 Å². The van der Waals surface area contributed by atoms with Crippen molar-refractivity contribution < 1.29 is 22.0 Å². The second kappa shape index (κ2) is 35.7. The third kappa shape index (κ3) is 48.7. The molecule has 0 aliphatic carbocycles. The third-order valence-electron chi connectivity index (χ3n) is 9.23. The Bertz CT molecular complexity index is 593. The first-order valence-electron chi connectivity index (χ1n) is 19.6. The molecule has 0 aromatic rings. The maximum Gasteiger partial charge on any atom is 0.0782 e. The molecule has 0 bridgehead atoms. The van der Waals surface area contributed by atoms with Gasteiger partial charge in [0.05, 0.1) is 27.2 Å². The summed E-state index contributed by atoms with van der Waals surface area (Å²) in [5.74, 6) is 0.